The highest BCUT2D eigenvalue weighted by molar-refractivity contribution is 5.73. The molecular formula is C46H61N5O5. The number of rotatable bonds is 26. The molecule has 0 aliphatic carbocycles. The largest absolute Gasteiger partial charge is 0.450 e. The van der Waals surface area contributed by atoms with Gasteiger partial charge in [0.15, 0.2) is 0 Å². The van der Waals surface area contributed by atoms with E-state index >= 15 is 0 Å². The van der Waals surface area contributed by atoms with Crippen molar-refractivity contribution in [2.24, 2.45) is 0 Å². The highest BCUT2D eigenvalue weighted by Crippen LogP contribution is 2.30. The fraction of sp³-hybridized carbons (Fsp3) is 0.413. The summed E-state index contributed by atoms with van der Waals surface area (Å²) in [6, 6.07) is 41.6. The first kappa shape index (κ1) is 43.4. The number of benzene rings is 4. The van der Waals surface area contributed by atoms with Crippen molar-refractivity contribution in [2.45, 2.75) is 69.6 Å². The molecule has 0 spiro atoms. The van der Waals surface area contributed by atoms with Crippen LogP contribution in [0.1, 0.15) is 91.9 Å². The lowest BCUT2D eigenvalue weighted by Gasteiger charge is -2.18. The van der Waals surface area contributed by atoms with Gasteiger partial charge in [-0.1, -0.05) is 141 Å². The van der Waals surface area contributed by atoms with Crippen molar-refractivity contribution >= 4 is 18.2 Å². The molecule has 0 radical (unpaired) electrons. The molecule has 0 saturated heterocycles. The van der Waals surface area contributed by atoms with Gasteiger partial charge in [-0.3, -0.25) is 0 Å². The Balaban J connectivity index is 0.897. The standard InChI is InChI=1S/C46H61N5O5/c52-44(49-34-32-47-33-35-51-46(54)56-37-19-29-43(40-24-12-6-13-25-40)41-26-14-7-15-27-41)48-30-16-2-1-3-17-31-50-45(53)55-36-18-28-42(38-20-8-4-9-21-38)39-22-10-5-11-23-39/h4-15,20-27,42-43,47H,1-3,16-19,28-37H2,(H,50,53)(H,51,54)(H2,48,49,52). The van der Waals surface area contributed by atoms with Gasteiger partial charge in [-0.25, -0.2) is 14.4 Å². The van der Waals surface area contributed by atoms with Crippen molar-refractivity contribution in [1.82, 2.24) is 26.6 Å². The van der Waals surface area contributed by atoms with E-state index in [1.165, 1.54) is 22.3 Å². The maximum absolute atomic E-state index is 12.1. The molecule has 5 N–H and O–H groups in total. The van der Waals surface area contributed by atoms with E-state index in [0.29, 0.717) is 52.5 Å². The quantitative estimate of drug-likeness (QED) is 0.0408. The molecule has 4 rings (SSSR count). The molecule has 10 heteroatoms. The van der Waals surface area contributed by atoms with Gasteiger partial charge in [0, 0.05) is 51.1 Å². The van der Waals surface area contributed by atoms with Crippen LogP contribution in [0.25, 0.3) is 0 Å². The van der Waals surface area contributed by atoms with Crippen LogP contribution in [-0.4, -0.2) is 70.7 Å². The van der Waals surface area contributed by atoms with Crippen molar-refractivity contribution in [2.75, 3.05) is 52.5 Å². The predicted molar refractivity (Wildman–Crippen MR) is 224 cm³/mol. The Morgan fingerprint density at radius 2 is 0.732 bits per heavy atom. The molecule has 56 heavy (non-hydrogen) atoms. The summed E-state index contributed by atoms with van der Waals surface area (Å²) in [7, 11) is 0. The molecule has 4 aromatic carbocycles. The van der Waals surface area contributed by atoms with Crippen molar-refractivity contribution < 1.29 is 23.9 Å². The van der Waals surface area contributed by atoms with Crippen molar-refractivity contribution in [3.63, 3.8) is 0 Å². The van der Waals surface area contributed by atoms with Crippen molar-refractivity contribution in [1.29, 1.82) is 0 Å². The summed E-state index contributed by atoms with van der Waals surface area (Å²) in [6.45, 7) is 4.05. The second kappa shape index (κ2) is 27.3. The number of carbonyl (C=O) groups excluding carboxylic acids is 3. The summed E-state index contributed by atoms with van der Waals surface area (Å²) in [5.74, 6) is 0.535. The predicted octanol–water partition coefficient (Wildman–Crippen LogP) is 8.50. The molecule has 0 atom stereocenters. The maximum atomic E-state index is 12.1. The smallest absolute Gasteiger partial charge is 0.407 e. The molecule has 0 fully saturated rings. The highest BCUT2D eigenvalue weighted by Gasteiger charge is 2.15. The number of amides is 4. The van der Waals surface area contributed by atoms with Crippen LogP contribution < -0.4 is 26.6 Å². The lowest BCUT2D eigenvalue weighted by Crippen LogP contribution is -2.40. The van der Waals surface area contributed by atoms with Crippen LogP contribution >= 0.6 is 0 Å². The third-order valence-electron chi connectivity index (χ3n) is 9.62. The molecule has 0 unspecified atom stereocenters. The molecule has 0 saturated carbocycles. The van der Waals surface area contributed by atoms with Crippen LogP contribution in [0.2, 0.25) is 0 Å². The number of hydrogen-bond acceptors (Lipinski definition) is 6. The summed E-state index contributed by atoms with van der Waals surface area (Å²) in [6.07, 6.45) is 7.40. The Bertz CT molecular complexity index is 1550. The molecule has 0 aromatic heterocycles. The first-order valence-electron chi connectivity index (χ1n) is 20.3. The normalized spacial score (nSPS) is 10.9. The number of alkyl carbamates (subject to hydrolysis) is 2. The van der Waals surface area contributed by atoms with Crippen LogP contribution in [0.15, 0.2) is 121 Å². The monoisotopic (exact) mass is 763 g/mol. The SMILES string of the molecule is O=C(NCCCCCCCNC(=O)OCCCC(c1ccccc1)c1ccccc1)NCCNCCNC(=O)OCCCC(c1ccccc1)c1ccccc1. The minimum absolute atomic E-state index is 0.186. The van der Waals surface area contributed by atoms with Crippen LogP contribution in [-0.2, 0) is 9.47 Å². The third-order valence-corrected chi connectivity index (χ3v) is 9.62. The number of urea groups is 1. The molecule has 0 bridgehead atoms. The fourth-order valence-electron chi connectivity index (χ4n) is 6.68. The van der Waals surface area contributed by atoms with Gasteiger partial charge in [0.1, 0.15) is 0 Å². The first-order chi connectivity index (χ1) is 27.6. The van der Waals surface area contributed by atoms with Crippen LogP contribution in [0.4, 0.5) is 14.4 Å². The number of ether oxygens (including phenoxy) is 2. The van der Waals surface area contributed by atoms with Gasteiger partial charge in [-0.15, -0.1) is 0 Å². The maximum Gasteiger partial charge on any atom is 0.407 e. The van der Waals surface area contributed by atoms with Crippen LogP contribution in [0, 0.1) is 0 Å². The fourth-order valence-corrected chi connectivity index (χ4v) is 6.68. The lowest BCUT2D eigenvalue weighted by atomic mass is 9.88. The van der Waals surface area contributed by atoms with E-state index in [4.69, 9.17) is 9.47 Å². The van der Waals surface area contributed by atoms with Gasteiger partial charge in [0.2, 0.25) is 0 Å². The van der Waals surface area contributed by atoms with Crippen molar-refractivity contribution in [3.8, 4) is 0 Å². The molecule has 0 heterocycles. The lowest BCUT2D eigenvalue weighted by molar-refractivity contribution is 0.142. The minimum Gasteiger partial charge on any atom is -0.450 e. The molecular weight excluding hydrogens is 703 g/mol. The summed E-state index contributed by atoms with van der Waals surface area (Å²) in [4.78, 5) is 36.3. The first-order valence-corrected chi connectivity index (χ1v) is 20.3. The Hall–Kier alpha value is -5.35. The number of hydrogen-bond donors (Lipinski definition) is 5. The van der Waals surface area contributed by atoms with Gasteiger partial charge < -0.3 is 36.1 Å². The highest BCUT2D eigenvalue weighted by atomic mass is 16.6. The van der Waals surface area contributed by atoms with Gasteiger partial charge in [0.25, 0.3) is 0 Å². The molecule has 4 aromatic rings. The zero-order valence-electron chi connectivity index (χ0n) is 32.8. The van der Waals surface area contributed by atoms with E-state index in [1.807, 2.05) is 24.3 Å². The van der Waals surface area contributed by atoms with Gasteiger partial charge in [-0.2, -0.15) is 0 Å². The summed E-state index contributed by atoms with van der Waals surface area (Å²) < 4.78 is 10.8. The van der Waals surface area contributed by atoms with E-state index in [-0.39, 0.29) is 24.0 Å². The zero-order valence-corrected chi connectivity index (χ0v) is 32.8. The average Bonchev–Trinajstić information content (AvgIpc) is 3.24. The summed E-state index contributed by atoms with van der Waals surface area (Å²) in [5, 5.41) is 14.6. The minimum atomic E-state index is -0.421. The average molecular weight is 764 g/mol. The summed E-state index contributed by atoms with van der Waals surface area (Å²) in [5.41, 5.74) is 5.06. The Morgan fingerprint density at radius 3 is 1.16 bits per heavy atom. The number of unbranched alkanes of at least 4 members (excludes halogenated alkanes) is 4. The molecule has 4 amide bonds. The Kier molecular flexibility index (Phi) is 21.1. The second-order valence-electron chi connectivity index (χ2n) is 13.9. The third kappa shape index (κ3) is 17.9. The Labute approximate surface area is 333 Å². The van der Waals surface area contributed by atoms with Gasteiger partial charge in [0.05, 0.1) is 13.2 Å². The zero-order chi connectivity index (χ0) is 39.3. The summed E-state index contributed by atoms with van der Waals surface area (Å²) >= 11 is 0. The van der Waals surface area contributed by atoms with Crippen LogP contribution in [0.3, 0.4) is 0 Å². The van der Waals surface area contributed by atoms with E-state index in [9.17, 15) is 14.4 Å². The van der Waals surface area contributed by atoms with E-state index in [0.717, 1.165) is 57.8 Å². The molecule has 10 nitrogen and oxygen atoms in total. The van der Waals surface area contributed by atoms with Gasteiger partial charge >= 0.3 is 18.2 Å². The topological polar surface area (TPSA) is 130 Å². The second-order valence-corrected chi connectivity index (χ2v) is 13.9. The Morgan fingerprint density at radius 1 is 0.393 bits per heavy atom. The number of nitrogens with one attached hydrogen (secondary N) is 5. The number of carbonyl (C=O) groups is 3. The van der Waals surface area contributed by atoms with E-state index in [1.54, 1.807) is 0 Å². The molecule has 0 aliphatic rings. The van der Waals surface area contributed by atoms with Crippen molar-refractivity contribution in [3.05, 3.63) is 144 Å². The molecule has 300 valence electrons. The molecule has 0 aliphatic heterocycles. The van der Waals surface area contributed by atoms with Gasteiger partial charge in [-0.05, 0) is 60.8 Å². The van der Waals surface area contributed by atoms with E-state index in [2.05, 4.69) is 124 Å². The van der Waals surface area contributed by atoms with E-state index < -0.39 is 6.09 Å². The van der Waals surface area contributed by atoms with Crippen LogP contribution in [0.5, 0.6) is 0 Å².